The van der Waals surface area contributed by atoms with Crippen molar-refractivity contribution in [2.24, 2.45) is 0 Å². The molecule has 12 heteroatoms. The van der Waals surface area contributed by atoms with E-state index in [1.807, 2.05) is 19.9 Å². The fourth-order valence-electron chi connectivity index (χ4n) is 4.61. The second-order valence-electron chi connectivity index (χ2n) is 10.1. The van der Waals surface area contributed by atoms with E-state index in [2.05, 4.69) is 19.9 Å². The third-order valence-corrected chi connectivity index (χ3v) is 6.81. The molecular formula is C29H26F3N7O2. The lowest BCUT2D eigenvalue weighted by Crippen LogP contribution is -2.05. The molecule has 210 valence electrons. The van der Waals surface area contributed by atoms with E-state index in [0.717, 1.165) is 30.3 Å². The molecule has 4 aromatic heterocycles. The number of hydrogen-bond acceptors (Lipinski definition) is 8. The minimum Gasteiger partial charge on any atom is -0.480 e. The molecule has 6 rings (SSSR count). The predicted octanol–water partition coefficient (Wildman–Crippen LogP) is 6.41. The van der Waals surface area contributed by atoms with Gasteiger partial charge in [-0.3, -0.25) is 0 Å². The standard InChI is InChI=1S/C29H26F3N7O2/c1-16(2)39-13-21(29(30,31)32)37-26(39)19-8-6-17(7-9-19)14-41-28-24-20(5-4-12-33-24)36-25(38-28)22-23(18-10-11-18)34-15-35-27(22)40-3/h4-9,12-13,15-16,18H,10-11,14H2,1-3H3. The lowest BCUT2D eigenvalue weighted by atomic mass is 10.1. The van der Waals surface area contributed by atoms with Gasteiger partial charge in [0.05, 0.1) is 18.3 Å². The van der Waals surface area contributed by atoms with E-state index in [9.17, 15) is 13.2 Å². The molecule has 0 N–H and O–H groups in total. The molecule has 0 aliphatic heterocycles. The van der Waals surface area contributed by atoms with E-state index >= 15 is 0 Å². The Hall–Kier alpha value is -4.61. The first-order valence-electron chi connectivity index (χ1n) is 13.1. The molecule has 1 aromatic carbocycles. The number of imidazole rings is 1. The minimum absolute atomic E-state index is 0.146. The van der Waals surface area contributed by atoms with Crippen molar-refractivity contribution in [2.75, 3.05) is 7.11 Å². The Morgan fingerprint density at radius 3 is 2.44 bits per heavy atom. The molecule has 0 radical (unpaired) electrons. The number of rotatable bonds is 8. The summed E-state index contributed by atoms with van der Waals surface area (Å²) in [5.74, 6) is 1.61. The third-order valence-electron chi connectivity index (χ3n) is 6.81. The van der Waals surface area contributed by atoms with Crippen molar-refractivity contribution < 1.29 is 22.6 Å². The summed E-state index contributed by atoms with van der Waals surface area (Å²) in [4.78, 5) is 26.5. The van der Waals surface area contributed by atoms with Gasteiger partial charge in [0, 0.05) is 29.9 Å². The zero-order chi connectivity index (χ0) is 28.7. The van der Waals surface area contributed by atoms with Crippen molar-refractivity contribution in [1.29, 1.82) is 0 Å². The SMILES string of the molecule is COc1ncnc(C2CC2)c1-c1nc(OCc2ccc(-c3nc(C(F)(F)F)cn3C(C)C)cc2)c2ncccc2n1. The molecule has 0 atom stereocenters. The number of fused-ring (bicyclic) bond motifs is 1. The van der Waals surface area contributed by atoms with Gasteiger partial charge >= 0.3 is 6.18 Å². The number of alkyl halides is 3. The number of hydrogen-bond donors (Lipinski definition) is 0. The summed E-state index contributed by atoms with van der Waals surface area (Å²) in [6.45, 7) is 3.77. The highest BCUT2D eigenvalue weighted by atomic mass is 19.4. The molecule has 1 aliphatic carbocycles. The molecule has 0 bridgehead atoms. The summed E-state index contributed by atoms with van der Waals surface area (Å²) in [5.41, 5.74) is 3.00. The van der Waals surface area contributed by atoms with Crippen LogP contribution in [0.3, 0.4) is 0 Å². The number of halogens is 3. The highest BCUT2D eigenvalue weighted by Crippen LogP contribution is 2.45. The molecule has 41 heavy (non-hydrogen) atoms. The smallest absolute Gasteiger partial charge is 0.434 e. The molecule has 1 saturated carbocycles. The fourth-order valence-corrected chi connectivity index (χ4v) is 4.61. The molecule has 0 amide bonds. The number of benzene rings is 1. The molecular weight excluding hydrogens is 535 g/mol. The summed E-state index contributed by atoms with van der Waals surface area (Å²) in [6, 6.07) is 10.5. The minimum atomic E-state index is -4.52. The second kappa shape index (κ2) is 10.4. The Bertz CT molecular complexity index is 1710. The maximum Gasteiger partial charge on any atom is 0.434 e. The normalized spacial score (nSPS) is 13.6. The first-order valence-corrected chi connectivity index (χ1v) is 13.1. The first kappa shape index (κ1) is 26.6. The van der Waals surface area contributed by atoms with Gasteiger partial charge in [0.25, 0.3) is 0 Å². The van der Waals surface area contributed by atoms with E-state index in [0.29, 0.717) is 39.8 Å². The van der Waals surface area contributed by atoms with Crippen LogP contribution in [0, 0.1) is 0 Å². The van der Waals surface area contributed by atoms with E-state index in [1.165, 1.54) is 10.9 Å². The molecule has 0 unspecified atom stereocenters. The van der Waals surface area contributed by atoms with Gasteiger partial charge < -0.3 is 14.0 Å². The quantitative estimate of drug-likeness (QED) is 0.214. The summed E-state index contributed by atoms with van der Waals surface area (Å²) in [7, 11) is 1.55. The molecule has 4 heterocycles. The number of aromatic nitrogens is 7. The topological polar surface area (TPSA) is 101 Å². The summed E-state index contributed by atoms with van der Waals surface area (Å²) >= 11 is 0. The Labute approximate surface area is 233 Å². The van der Waals surface area contributed by atoms with Crippen LogP contribution < -0.4 is 9.47 Å². The average Bonchev–Trinajstić information content (AvgIpc) is 3.71. The summed E-state index contributed by atoms with van der Waals surface area (Å²) in [5, 5.41) is 0. The summed E-state index contributed by atoms with van der Waals surface area (Å²) in [6.07, 6.45) is 1.69. The average molecular weight is 562 g/mol. The molecule has 0 saturated heterocycles. The van der Waals surface area contributed by atoms with Gasteiger partial charge in [-0.1, -0.05) is 24.3 Å². The van der Waals surface area contributed by atoms with E-state index in [1.54, 1.807) is 43.6 Å². The predicted molar refractivity (Wildman–Crippen MR) is 144 cm³/mol. The van der Waals surface area contributed by atoms with Crippen molar-refractivity contribution in [3.8, 4) is 34.5 Å². The van der Waals surface area contributed by atoms with Crippen LogP contribution in [-0.2, 0) is 12.8 Å². The number of methoxy groups -OCH3 is 1. The van der Waals surface area contributed by atoms with Crippen molar-refractivity contribution in [2.45, 2.75) is 51.4 Å². The lowest BCUT2D eigenvalue weighted by Gasteiger charge is -2.14. The van der Waals surface area contributed by atoms with Crippen molar-refractivity contribution in [3.63, 3.8) is 0 Å². The van der Waals surface area contributed by atoms with Gasteiger partial charge in [0.1, 0.15) is 24.3 Å². The lowest BCUT2D eigenvalue weighted by molar-refractivity contribution is -0.140. The van der Waals surface area contributed by atoms with Gasteiger partial charge in [-0.05, 0) is 44.4 Å². The summed E-state index contributed by atoms with van der Waals surface area (Å²) < 4.78 is 53.2. The van der Waals surface area contributed by atoms with Crippen LogP contribution in [0.2, 0.25) is 0 Å². The van der Waals surface area contributed by atoms with Crippen molar-refractivity contribution >= 4 is 11.0 Å². The highest BCUT2D eigenvalue weighted by Gasteiger charge is 2.35. The van der Waals surface area contributed by atoms with Gasteiger partial charge in [-0.15, -0.1) is 0 Å². The van der Waals surface area contributed by atoms with E-state index < -0.39 is 11.9 Å². The van der Waals surface area contributed by atoms with Gasteiger partial charge in [-0.2, -0.15) is 18.2 Å². The van der Waals surface area contributed by atoms with E-state index in [4.69, 9.17) is 19.4 Å². The van der Waals surface area contributed by atoms with Crippen molar-refractivity contribution in [3.05, 3.63) is 72.1 Å². The van der Waals surface area contributed by atoms with Crippen LogP contribution in [0.25, 0.3) is 33.8 Å². The Morgan fingerprint density at radius 2 is 1.76 bits per heavy atom. The Morgan fingerprint density at radius 1 is 0.976 bits per heavy atom. The van der Waals surface area contributed by atoms with Crippen LogP contribution in [0.1, 0.15) is 55.6 Å². The first-order chi connectivity index (χ1) is 19.7. The Kier molecular flexibility index (Phi) is 6.76. The molecule has 9 nitrogen and oxygen atoms in total. The zero-order valence-electron chi connectivity index (χ0n) is 22.6. The molecule has 1 aliphatic rings. The Balaban J connectivity index is 1.31. The molecule has 0 spiro atoms. The van der Waals surface area contributed by atoms with Gasteiger partial charge in [0.2, 0.25) is 11.8 Å². The van der Waals surface area contributed by atoms with Crippen LogP contribution in [0.4, 0.5) is 13.2 Å². The maximum absolute atomic E-state index is 13.3. The maximum atomic E-state index is 13.3. The van der Waals surface area contributed by atoms with E-state index in [-0.39, 0.29) is 24.4 Å². The monoisotopic (exact) mass is 561 g/mol. The highest BCUT2D eigenvalue weighted by molar-refractivity contribution is 5.82. The third kappa shape index (κ3) is 5.29. The number of nitrogens with zero attached hydrogens (tertiary/aromatic N) is 7. The fraction of sp³-hybridized carbons (Fsp3) is 0.310. The molecule has 1 fully saturated rings. The van der Waals surface area contributed by atoms with Crippen LogP contribution >= 0.6 is 0 Å². The zero-order valence-corrected chi connectivity index (χ0v) is 22.6. The van der Waals surface area contributed by atoms with Gasteiger partial charge in [0.15, 0.2) is 17.0 Å². The van der Waals surface area contributed by atoms with Crippen LogP contribution in [0.5, 0.6) is 11.8 Å². The number of ether oxygens (including phenoxy) is 2. The largest absolute Gasteiger partial charge is 0.480 e. The van der Waals surface area contributed by atoms with Gasteiger partial charge in [-0.25, -0.2) is 24.9 Å². The molecule has 5 aromatic rings. The van der Waals surface area contributed by atoms with Crippen LogP contribution in [0.15, 0.2) is 55.1 Å². The van der Waals surface area contributed by atoms with Crippen LogP contribution in [-0.4, -0.2) is 41.6 Å². The second-order valence-corrected chi connectivity index (χ2v) is 10.1. The number of pyridine rings is 1. The van der Waals surface area contributed by atoms with Crippen molar-refractivity contribution in [1.82, 2.24) is 34.5 Å².